The fourth-order valence-electron chi connectivity index (χ4n) is 2.86. The van der Waals surface area contributed by atoms with Crippen molar-refractivity contribution in [3.63, 3.8) is 0 Å². The predicted octanol–water partition coefficient (Wildman–Crippen LogP) is -2.23. The number of likely N-dealkylation sites (tertiary alicyclic amines) is 1. The molecule has 1 aliphatic heterocycles. The highest BCUT2D eigenvalue weighted by Gasteiger charge is 2.42. The maximum Gasteiger partial charge on any atom is 0.333 e. The van der Waals surface area contributed by atoms with Crippen LogP contribution in [0.15, 0.2) is 9.59 Å². The van der Waals surface area contributed by atoms with Crippen molar-refractivity contribution in [2.45, 2.75) is 38.5 Å². The van der Waals surface area contributed by atoms with Gasteiger partial charge in [-0.2, -0.15) is 0 Å². The number of nitrogens with one attached hydrogen (secondary N) is 3. The largest absolute Gasteiger partial charge is 0.391 e. The molecular weight excluding hydrogens is 306 g/mol. The third-order valence-corrected chi connectivity index (χ3v) is 3.98. The van der Waals surface area contributed by atoms with Crippen LogP contribution in [0.4, 0.5) is 0 Å². The number of aromatic amines is 2. The van der Waals surface area contributed by atoms with Crippen LogP contribution < -0.4 is 16.4 Å². The molecule has 2 amide bonds. The maximum absolute atomic E-state index is 12.9. The van der Waals surface area contributed by atoms with E-state index in [1.165, 1.54) is 11.9 Å². The standard InChI is InChI=1S/C13H21N5O5/c1-6(2)9(18-13(23)11(21)15-16-18)12(22)17-5-7(19)4-8(17)10(20)14-3/h6-9,16,19H,4-5H2,1-3H3,(H,14,20)(H,15,21). The lowest BCUT2D eigenvalue weighted by atomic mass is 10.0. The summed E-state index contributed by atoms with van der Waals surface area (Å²) in [5, 5.41) is 16.8. The van der Waals surface area contributed by atoms with E-state index in [4.69, 9.17) is 0 Å². The van der Waals surface area contributed by atoms with Crippen molar-refractivity contribution in [1.82, 2.24) is 25.2 Å². The topological polar surface area (TPSA) is 140 Å². The summed E-state index contributed by atoms with van der Waals surface area (Å²) in [6.45, 7) is 3.45. The number of rotatable bonds is 4. The monoisotopic (exact) mass is 327 g/mol. The first-order chi connectivity index (χ1) is 10.8. The molecule has 0 bridgehead atoms. The highest BCUT2D eigenvalue weighted by atomic mass is 16.3. The van der Waals surface area contributed by atoms with E-state index in [-0.39, 0.29) is 24.8 Å². The van der Waals surface area contributed by atoms with E-state index in [2.05, 4.69) is 15.6 Å². The molecule has 2 heterocycles. The molecule has 0 spiro atoms. The number of carbonyl (C=O) groups excluding carboxylic acids is 2. The molecule has 0 saturated carbocycles. The molecule has 4 N–H and O–H groups in total. The Balaban J connectivity index is 2.38. The van der Waals surface area contributed by atoms with Crippen molar-refractivity contribution < 1.29 is 14.7 Å². The van der Waals surface area contributed by atoms with Gasteiger partial charge in [0.25, 0.3) is 0 Å². The lowest BCUT2D eigenvalue weighted by molar-refractivity contribution is -0.142. The van der Waals surface area contributed by atoms with Crippen molar-refractivity contribution >= 4 is 11.8 Å². The number of nitrogens with zero attached hydrogens (tertiary/aromatic N) is 2. The van der Waals surface area contributed by atoms with Crippen LogP contribution in [0.5, 0.6) is 0 Å². The quantitative estimate of drug-likeness (QED) is 0.463. The molecule has 23 heavy (non-hydrogen) atoms. The number of carbonyl (C=O) groups is 2. The Bertz CT molecular complexity index is 702. The number of likely N-dealkylation sites (N-methyl/N-ethyl adjacent to an activating group) is 1. The zero-order chi connectivity index (χ0) is 17.3. The maximum atomic E-state index is 12.9. The number of β-amino-alcohol motifs (C(OH)–C–C–N with tert-alkyl or cyclic N) is 1. The summed E-state index contributed by atoms with van der Waals surface area (Å²) >= 11 is 0. The lowest BCUT2D eigenvalue weighted by Crippen LogP contribution is -2.50. The first-order valence-corrected chi connectivity index (χ1v) is 7.37. The Morgan fingerprint density at radius 1 is 1.35 bits per heavy atom. The van der Waals surface area contributed by atoms with Crippen LogP contribution in [0.25, 0.3) is 0 Å². The van der Waals surface area contributed by atoms with Crippen LogP contribution >= 0.6 is 0 Å². The molecule has 1 aromatic rings. The molecule has 1 saturated heterocycles. The van der Waals surface area contributed by atoms with E-state index in [1.54, 1.807) is 13.8 Å². The molecule has 1 fully saturated rings. The second-order valence-electron chi connectivity index (χ2n) is 5.94. The van der Waals surface area contributed by atoms with E-state index in [9.17, 15) is 24.3 Å². The van der Waals surface area contributed by atoms with Crippen LogP contribution in [0.3, 0.4) is 0 Å². The summed E-state index contributed by atoms with van der Waals surface area (Å²) in [5.74, 6) is -1.19. The zero-order valence-electron chi connectivity index (χ0n) is 13.2. The zero-order valence-corrected chi connectivity index (χ0v) is 13.2. The van der Waals surface area contributed by atoms with E-state index < -0.39 is 35.2 Å². The lowest BCUT2D eigenvalue weighted by Gasteiger charge is -2.29. The minimum Gasteiger partial charge on any atom is -0.391 e. The number of H-pyrrole nitrogens is 2. The van der Waals surface area contributed by atoms with Crippen LogP contribution in [0, 0.1) is 5.92 Å². The summed E-state index contributed by atoms with van der Waals surface area (Å²) in [6, 6.07) is -1.77. The molecule has 128 valence electrons. The first-order valence-electron chi connectivity index (χ1n) is 7.37. The van der Waals surface area contributed by atoms with Crippen molar-refractivity contribution in [1.29, 1.82) is 0 Å². The molecule has 10 nitrogen and oxygen atoms in total. The van der Waals surface area contributed by atoms with Crippen molar-refractivity contribution in [2.24, 2.45) is 5.92 Å². The minimum atomic E-state index is -0.973. The van der Waals surface area contributed by atoms with E-state index >= 15 is 0 Å². The molecule has 0 aliphatic carbocycles. The first kappa shape index (κ1) is 17.0. The second-order valence-corrected chi connectivity index (χ2v) is 5.94. The Labute approximate surface area is 131 Å². The van der Waals surface area contributed by atoms with Gasteiger partial charge >= 0.3 is 11.1 Å². The van der Waals surface area contributed by atoms with Crippen LogP contribution in [-0.2, 0) is 9.59 Å². The van der Waals surface area contributed by atoms with Gasteiger partial charge in [-0.15, -0.1) is 0 Å². The molecule has 2 rings (SSSR count). The highest BCUT2D eigenvalue weighted by molar-refractivity contribution is 5.89. The smallest absolute Gasteiger partial charge is 0.333 e. The summed E-state index contributed by atoms with van der Waals surface area (Å²) < 4.78 is 0.931. The second kappa shape index (κ2) is 6.41. The highest BCUT2D eigenvalue weighted by Crippen LogP contribution is 2.25. The minimum absolute atomic E-state index is 0.00352. The molecule has 0 aromatic carbocycles. The number of aliphatic hydroxyl groups is 1. The summed E-state index contributed by atoms with van der Waals surface area (Å²) in [5.41, 5.74) is -1.72. The normalized spacial score (nSPS) is 22.4. The molecular formula is C13H21N5O5. The molecule has 3 unspecified atom stereocenters. The molecule has 1 aromatic heterocycles. The number of hydrogen-bond donors (Lipinski definition) is 4. The van der Waals surface area contributed by atoms with Gasteiger partial charge in [0, 0.05) is 20.0 Å². The summed E-state index contributed by atoms with van der Waals surface area (Å²) in [7, 11) is 1.45. The average Bonchev–Trinajstić information content (AvgIpc) is 3.03. The third-order valence-electron chi connectivity index (χ3n) is 3.98. The van der Waals surface area contributed by atoms with Gasteiger partial charge in [0.15, 0.2) is 0 Å². The van der Waals surface area contributed by atoms with Gasteiger partial charge in [-0.25, -0.2) is 15.0 Å². The number of amides is 2. The van der Waals surface area contributed by atoms with Crippen LogP contribution in [0.2, 0.25) is 0 Å². The van der Waals surface area contributed by atoms with Gasteiger partial charge in [-0.1, -0.05) is 13.8 Å². The van der Waals surface area contributed by atoms with Gasteiger partial charge in [0.05, 0.1) is 6.10 Å². The number of aliphatic hydroxyl groups excluding tert-OH is 1. The van der Waals surface area contributed by atoms with Gasteiger partial charge in [-0.3, -0.25) is 19.2 Å². The Hall–Kier alpha value is -2.36. The average molecular weight is 327 g/mol. The van der Waals surface area contributed by atoms with Gasteiger partial charge in [0.1, 0.15) is 12.1 Å². The fourth-order valence-corrected chi connectivity index (χ4v) is 2.86. The molecule has 1 aliphatic rings. The Morgan fingerprint density at radius 3 is 2.48 bits per heavy atom. The van der Waals surface area contributed by atoms with E-state index in [0.717, 1.165) is 4.68 Å². The van der Waals surface area contributed by atoms with Gasteiger partial charge < -0.3 is 15.3 Å². The van der Waals surface area contributed by atoms with E-state index in [1.807, 2.05) is 0 Å². The predicted molar refractivity (Wildman–Crippen MR) is 79.7 cm³/mol. The van der Waals surface area contributed by atoms with Gasteiger partial charge in [-0.05, 0) is 5.92 Å². The van der Waals surface area contributed by atoms with E-state index in [0.29, 0.717) is 0 Å². The summed E-state index contributed by atoms with van der Waals surface area (Å²) in [6.07, 6.45) is -0.675. The fraction of sp³-hybridized carbons (Fsp3) is 0.692. The third kappa shape index (κ3) is 3.07. The van der Waals surface area contributed by atoms with Crippen LogP contribution in [0.1, 0.15) is 26.3 Å². The Kier molecular flexibility index (Phi) is 4.73. The SMILES string of the molecule is CNC(=O)C1CC(O)CN1C(=O)C(C(C)C)n1[nH][nH]c(=O)c1=O. The van der Waals surface area contributed by atoms with Crippen LogP contribution in [-0.4, -0.2) is 62.6 Å². The van der Waals surface area contributed by atoms with Crippen molar-refractivity contribution in [3.8, 4) is 0 Å². The van der Waals surface area contributed by atoms with Crippen molar-refractivity contribution in [2.75, 3.05) is 13.6 Å². The Morgan fingerprint density at radius 2 is 2.00 bits per heavy atom. The number of hydrogen-bond acceptors (Lipinski definition) is 5. The number of aromatic nitrogens is 3. The molecule has 0 radical (unpaired) electrons. The van der Waals surface area contributed by atoms with Crippen molar-refractivity contribution in [3.05, 3.63) is 20.7 Å². The molecule has 3 atom stereocenters. The van der Waals surface area contributed by atoms with Gasteiger partial charge in [0.2, 0.25) is 11.8 Å². The summed E-state index contributed by atoms with van der Waals surface area (Å²) in [4.78, 5) is 49.2. The molecule has 10 heteroatoms.